The average molecular weight is 242 g/mol. The van der Waals surface area contributed by atoms with Gasteiger partial charge in [-0.1, -0.05) is 18.6 Å². The molecule has 0 spiro atoms. The molecule has 0 heterocycles. The quantitative estimate of drug-likeness (QED) is 0.756. The lowest BCUT2D eigenvalue weighted by atomic mass is 10.0. The molecule has 3 fully saturated rings. The molecule has 0 radical (unpaired) electrons. The summed E-state index contributed by atoms with van der Waals surface area (Å²) < 4.78 is 5.76. The molecule has 94 valence electrons. The number of ketones is 1. The van der Waals surface area contributed by atoms with Crippen molar-refractivity contribution in [1.82, 2.24) is 0 Å². The van der Waals surface area contributed by atoms with Gasteiger partial charge in [-0.2, -0.15) is 0 Å². The molecule has 2 nitrogen and oxygen atoms in total. The fourth-order valence-electron chi connectivity index (χ4n) is 3.50. The van der Waals surface area contributed by atoms with Crippen molar-refractivity contribution in [3.05, 3.63) is 29.8 Å². The van der Waals surface area contributed by atoms with Crippen molar-refractivity contribution in [3.63, 3.8) is 0 Å². The minimum Gasteiger partial charge on any atom is -0.490 e. The monoisotopic (exact) mass is 242 g/mol. The molecule has 0 aliphatic heterocycles. The molecule has 1 aromatic rings. The van der Waals surface area contributed by atoms with Gasteiger partial charge in [-0.15, -0.1) is 0 Å². The first-order chi connectivity index (χ1) is 8.83. The summed E-state index contributed by atoms with van der Waals surface area (Å²) in [6.07, 6.45) is 6.56. The van der Waals surface area contributed by atoms with Crippen LogP contribution in [0.3, 0.4) is 0 Å². The van der Waals surface area contributed by atoms with E-state index in [4.69, 9.17) is 4.74 Å². The third-order valence-corrected chi connectivity index (χ3v) is 4.65. The largest absolute Gasteiger partial charge is 0.490 e. The molecule has 0 aromatic heterocycles. The Morgan fingerprint density at radius 1 is 1.11 bits per heavy atom. The van der Waals surface area contributed by atoms with Crippen molar-refractivity contribution in [2.75, 3.05) is 0 Å². The Hall–Kier alpha value is -1.31. The topological polar surface area (TPSA) is 26.3 Å². The van der Waals surface area contributed by atoms with Crippen LogP contribution in [0.4, 0.5) is 0 Å². The number of Topliss-reactive ketones (excluding diaryl/α,β-unsaturated/α-hetero) is 1. The molecule has 2 atom stereocenters. The molecule has 2 heteroatoms. The Labute approximate surface area is 107 Å². The van der Waals surface area contributed by atoms with Crippen LogP contribution >= 0.6 is 0 Å². The summed E-state index contributed by atoms with van der Waals surface area (Å²) in [6.45, 7) is 0. The number of hydrogen-bond donors (Lipinski definition) is 0. The lowest BCUT2D eigenvalue weighted by molar-refractivity contribution is 0.0951. The van der Waals surface area contributed by atoms with E-state index in [-0.39, 0.29) is 0 Å². The molecule has 0 saturated heterocycles. The van der Waals surface area contributed by atoms with Crippen LogP contribution in [0.25, 0.3) is 0 Å². The second-order valence-corrected chi connectivity index (χ2v) is 5.99. The maximum Gasteiger partial charge on any atom is 0.166 e. The average Bonchev–Trinajstić information content (AvgIpc) is 3.29. The van der Waals surface area contributed by atoms with E-state index in [1.807, 2.05) is 24.3 Å². The zero-order valence-electron chi connectivity index (χ0n) is 10.5. The molecular weight excluding hydrogens is 224 g/mol. The van der Waals surface area contributed by atoms with Gasteiger partial charge in [0.25, 0.3) is 0 Å². The minimum atomic E-state index is 0.329. The van der Waals surface area contributed by atoms with Gasteiger partial charge in [-0.05, 0) is 49.7 Å². The SMILES string of the molecule is O=C(c1cccc(OC2CC2)c1)C1C2CCCC21. The number of benzene rings is 1. The van der Waals surface area contributed by atoms with Gasteiger partial charge >= 0.3 is 0 Å². The summed E-state index contributed by atoms with van der Waals surface area (Å²) in [4.78, 5) is 12.4. The third kappa shape index (κ3) is 1.75. The highest BCUT2D eigenvalue weighted by molar-refractivity contribution is 6.00. The summed E-state index contributed by atoms with van der Waals surface area (Å²) in [5, 5.41) is 0. The van der Waals surface area contributed by atoms with Crippen molar-refractivity contribution in [1.29, 1.82) is 0 Å². The normalized spacial score (nSPS) is 33.0. The van der Waals surface area contributed by atoms with Crippen LogP contribution in [0.15, 0.2) is 24.3 Å². The molecule has 3 saturated carbocycles. The lowest BCUT2D eigenvalue weighted by Gasteiger charge is -2.07. The molecule has 3 aliphatic carbocycles. The van der Waals surface area contributed by atoms with E-state index < -0.39 is 0 Å². The number of carbonyl (C=O) groups is 1. The Kier molecular flexibility index (Phi) is 2.26. The zero-order valence-corrected chi connectivity index (χ0v) is 10.5. The van der Waals surface area contributed by atoms with E-state index in [1.165, 1.54) is 19.3 Å². The summed E-state index contributed by atoms with van der Waals surface area (Å²) in [5.41, 5.74) is 0.854. The van der Waals surface area contributed by atoms with E-state index in [0.29, 0.717) is 29.6 Å². The molecule has 0 bridgehead atoms. The maximum atomic E-state index is 12.4. The molecule has 0 amide bonds. The van der Waals surface area contributed by atoms with E-state index in [0.717, 1.165) is 24.2 Å². The number of hydrogen-bond acceptors (Lipinski definition) is 2. The van der Waals surface area contributed by atoms with Gasteiger partial charge in [0.15, 0.2) is 5.78 Å². The second-order valence-electron chi connectivity index (χ2n) is 5.99. The molecule has 18 heavy (non-hydrogen) atoms. The van der Waals surface area contributed by atoms with Crippen LogP contribution in [0.5, 0.6) is 5.75 Å². The first kappa shape index (κ1) is 10.6. The van der Waals surface area contributed by atoms with Crippen molar-refractivity contribution in [2.45, 2.75) is 38.2 Å². The first-order valence-electron chi connectivity index (χ1n) is 7.14. The summed E-state index contributed by atoms with van der Waals surface area (Å²) in [5.74, 6) is 2.95. The van der Waals surface area contributed by atoms with E-state index in [9.17, 15) is 4.79 Å². The van der Waals surface area contributed by atoms with Crippen LogP contribution in [-0.2, 0) is 0 Å². The summed E-state index contributed by atoms with van der Waals surface area (Å²) >= 11 is 0. The van der Waals surface area contributed by atoms with Crippen molar-refractivity contribution >= 4 is 5.78 Å². The number of fused-ring (bicyclic) bond motifs is 1. The molecule has 0 N–H and O–H groups in total. The fourth-order valence-corrected chi connectivity index (χ4v) is 3.50. The first-order valence-corrected chi connectivity index (χ1v) is 7.14. The summed E-state index contributed by atoms with van der Waals surface area (Å²) in [6, 6.07) is 7.79. The van der Waals surface area contributed by atoms with Crippen molar-refractivity contribution < 1.29 is 9.53 Å². The van der Waals surface area contributed by atoms with Gasteiger partial charge in [0.05, 0.1) is 6.10 Å². The maximum absolute atomic E-state index is 12.4. The van der Waals surface area contributed by atoms with E-state index >= 15 is 0 Å². The predicted molar refractivity (Wildman–Crippen MR) is 68.7 cm³/mol. The van der Waals surface area contributed by atoms with Crippen LogP contribution in [0.2, 0.25) is 0 Å². The van der Waals surface area contributed by atoms with Crippen LogP contribution in [-0.4, -0.2) is 11.9 Å². The third-order valence-electron chi connectivity index (χ3n) is 4.65. The number of rotatable bonds is 4. The Bertz CT molecular complexity index is 480. The highest BCUT2D eigenvalue weighted by Crippen LogP contribution is 2.58. The highest BCUT2D eigenvalue weighted by Gasteiger charge is 2.56. The second kappa shape index (κ2) is 3.84. The molecule has 1 aromatic carbocycles. The smallest absolute Gasteiger partial charge is 0.166 e. The lowest BCUT2D eigenvalue weighted by Crippen LogP contribution is -2.07. The van der Waals surface area contributed by atoms with Gasteiger partial charge in [-0.25, -0.2) is 0 Å². The van der Waals surface area contributed by atoms with Crippen LogP contribution < -0.4 is 4.74 Å². The van der Waals surface area contributed by atoms with Gasteiger partial charge in [-0.3, -0.25) is 4.79 Å². The van der Waals surface area contributed by atoms with Gasteiger partial charge in [0.1, 0.15) is 5.75 Å². The minimum absolute atomic E-state index is 0.329. The number of ether oxygens (including phenoxy) is 1. The van der Waals surface area contributed by atoms with Crippen molar-refractivity contribution in [2.24, 2.45) is 17.8 Å². The van der Waals surface area contributed by atoms with Crippen molar-refractivity contribution in [3.8, 4) is 5.75 Å². The highest BCUT2D eigenvalue weighted by atomic mass is 16.5. The van der Waals surface area contributed by atoms with Crippen LogP contribution in [0, 0.1) is 17.8 Å². The Morgan fingerprint density at radius 3 is 2.61 bits per heavy atom. The van der Waals surface area contributed by atoms with Gasteiger partial charge < -0.3 is 4.74 Å². The molecule has 4 rings (SSSR count). The van der Waals surface area contributed by atoms with E-state index in [2.05, 4.69) is 0 Å². The standard InChI is InChI=1S/C16H18O2/c17-16(15-13-5-2-6-14(13)15)10-3-1-4-12(9-10)18-11-7-8-11/h1,3-4,9,11,13-15H,2,5-8H2. The molecule has 2 unspecified atom stereocenters. The van der Waals surface area contributed by atoms with Gasteiger partial charge in [0.2, 0.25) is 0 Å². The van der Waals surface area contributed by atoms with E-state index in [1.54, 1.807) is 0 Å². The zero-order chi connectivity index (χ0) is 12.1. The van der Waals surface area contributed by atoms with Crippen LogP contribution in [0.1, 0.15) is 42.5 Å². The molecule has 3 aliphatic rings. The fraction of sp³-hybridized carbons (Fsp3) is 0.562. The predicted octanol–water partition coefficient (Wildman–Crippen LogP) is 3.46. The summed E-state index contributed by atoms with van der Waals surface area (Å²) in [7, 11) is 0. The number of carbonyl (C=O) groups excluding carboxylic acids is 1. The Morgan fingerprint density at radius 2 is 1.89 bits per heavy atom. The molecular formula is C16H18O2. The van der Waals surface area contributed by atoms with Gasteiger partial charge in [0, 0.05) is 11.5 Å². The Balaban J connectivity index is 1.51.